The standard InChI is InChI=1S/C28H34BrN5O2/c1-19-12-24(15-25(35)13-19)28(36)34-10-7-23(8-11-34)27(33-21(3)26(29)18-30-4)14-20(2)32-17-22-6-5-9-31-16-22/h5-6,9,12-16,18,23,32,35H,7-8,10-11,17H2,1-4H3/b20-14+,26-21-,30-18?,33-27+. The van der Waals surface area contributed by atoms with E-state index in [0.29, 0.717) is 25.2 Å². The molecule has 2 heterocycles. The van der Waals surface area contributed by atoms with E-state index in [-0.39, 0.29) is 17.6 Å². The predicted molar refractivity (Wildman–Crippen MR) is 150 cm³/mol. The van der Waals surface area contributed by atoms with Gasteiger partial charge in [-0.05, 0) is 91.0 Å². The van der Waals surface area contributed by atoms with E-state index in [4.69, 9.17) is 4.99 Å². The van der Waals surface area contributed by atoms with Crippen LogP contribution in [0, 0.1) is 12.8 Å². The number of nitrogens with zero attached hydrogens (tertiary/aromatic N) is 4. The monoisotopic (exact) mass is 551 g/mol. The summed E-state index contributed by atoms with van der Waals surface area (Å²) < 4.78 is 0.837. The molecule has 36 heavy (non-hydrogen) atoms. The maximum Gasteiger partial charge on any atom is 0.253 e. The van der Waals surface area contributed by atoms with E-state index in [1.807, 2.05) is 50.1 Å². The third-order valence-corrected chi connectivity index (χ3v) is 6.83. The van der Waals surface area contributed by atoms with Crippen LogP contribution in [0.1, 0.15) is 48.2 Å². The van der Waals surface area contributed by atoms with Gasteiger partial charge in [0.25, 0.3) is 5.91 Å². The minimum Gasteiger partial charge on any atom is -0.508 e. The number of hydrogen-bond acceptors (Lipinski definition) is 6. The van der Waals surface area contributed by atoms with Gasteiger partial charge in [0.15, 0.2) is 0 Å². The van der Waals surface area contributed by atoms with Crippen molar-refractivity contribution in [2.45, 2.75) is 40.2 Å². The number of benzene rings is 1. The molecule has 3 rings (SSSR count). The smallest absolute Gasteiger partial charge is 0.253 e. The van der Waals surface area contributed by atoms with Crippen LogP contribution in [0.5, 0.6) is 5.75 Å². The number of aryl methyl sites for hydroxylation is 1. The molecule has 7 nitrogen and oxygen atoms in total. The lowest BCUT2D eigenvalue weighted by atomic mass is 9.90. The molecule has 0 bridgehead atoms. The number of halogens is 1. The van der Waals surface area contributed by atoms with Gasteiger partial charge >= 0.3 is 0 Å². The molecule has 0 unspecified atom stereocenters. The quantitative estimate of drug-likeness (QED) is 0.429. The fourth-order valence-corrected chi connectivity index (χ4v) is 4.45. The molecule has 1 aliphatic rings. The zero-order valence-electron chi connectivity index (χ0n) is 21.3. The molecule has 0 atom stereocenters. The van der Waals surface area contributed by atoms with Crippen molar-refractivity contribution in [1.29, 1.82) is 0 Å². The second kappa shape index (κ2) is 13.2. The number of carbonyl (C=O) groups is 1. The number of rotatable bonds is 8. The lowest BCUT2D eigenvalue weighted by molar-refractivity contribution is 0.0709. The van der Waals surface area contributed by atoms with Gasteiger partial charge in [-0.2, -0.15) is 0 Å². The van der Waals surface area contributed by atoms with Crippen LogP contribution >= 0.6 is 15.9 Å². The molecule has 1 aromatic carbocycles. The first-order valence-electron chi connectivity index (χ1n) is 12.0. The third-order valence-electron chi connectivity index (χ3n) is 6.05. The van der Waals surface area contributed by atoms with Crippen molar-refractivity contribution in [2.24, 2.45) is 15.9 Å². The molecule has 2 N–H and O–H groups in total. The van der Waals surface area contributed by atoms with Crippen molar-refractivity contribution in [3.05, 3.63) is 81.4 Å². The number of aliphatic imine (C=N–C) groups is 2. The van der Waals surface area contributed by atoms with Crippen LogP contribution in [-0.2, 0) is 6.54 Å². The molecule has 1 amide bonds. The summed E-state index contributed by atoms with van der Waals surface area (Å²) in [5.41, 5.74) is 5.34. The SMILES string of the molecule is CN=C/C(Br)=C(C)/N=C(\C=C(/C)NCc1cccnc1)C1CCN(C(=O)c2cc(C)cc(O)c2)CC1. The van der Waals surface area contributed by atoms with Crippen molar-refractivity contribution in [2.75, 3.05) is 20.1 Å². The summed E-state index contributed by atoms with van der Waals surface area (Å²) in [6, 6.07) is 8.98. The molecular weight excluding hydrogens is 518 g/mol. The van der Waals surface area contributed by atoms with Crippen molar-refractivity contribution in [1.82, 2.24) is 15.2 Å². The molecule has 1 fully saturated rings. The molecule has 0 radical (unpaired) electrons. The second-order valence-corrected chi connectivity index (χ2v) is 9.88. The van der Waals surface area contributed by atoms with Crippen LogP contribution in [0.25, 0.3) is 0 Å². The Hall–Kier alpha value is -3.26. The average molecular weight is 553 g/mol. The van der Waals surface area contributed by atoms with E-state index in [2.05, 4.69) is 37.3 Å². The molecule has 0 saturated carbocycles. The predicted octanol–water partition coefficient (Wildman–Crippen LogP) is 5.41. The maximum absolute atomic E-state index is 13.0. The number of phenols is 1. The van der Waals surface area contributed by atoms with Crippen LogP contribution in [0.4, 0.5) is 0 Å². The van der Waals surface area contributed by atoms with Crippen molar-refractivity contribution >= 4 is 33.8 Å². The van der Waals surface area contributed by atoms with Gasteiger partial charge < -0.3 is 15.3 Å². The van der Waals surface area contributed by atoms with Crippen LogP contribution in [0.3, 0.4) is 0 Å². The molecule has 1 aliphatic heterocycles. The largest absolute Gasteiger partial charge is 0.508 e. The van der Waals surface area contributed by atoms with Crippen LogP contribution in [0.2, 0.25) is 0 Å². The van der Waals surface area contributed by atoms with Gasteiger partial charge in [-0.3, -0.25) is 19.8 Å². The summed E-state index contributed by atoms with van der Waals surface area (Å²) in [7, 11) is 1.73. The zero-order valence-corrected chi connectivity index (χ0v) is 22.9. The number of phenolic OH excluding ortho intramolecular Hbond substituents is 1. The Kier molecular flexibility index (Phi) is 9.99. The minimum absolute atomic E-state index is 0.0474. The van der Waals surface area contributed by atoms with Crippen molar-refractivity contribution in [3.8, 4) is 5.75 Å². The Bertz CT molecular complexity index is 1160. The highest BCUT2D eigenvalue weighted by atomic mass is 79.9. The lowest BCUT2D eigenvalue weighted by Gasteiger charge is -2.32. The Morgan fingerprint density at radius 1 is 1.28 bits per heavy atom. The molecule has 0 spiro atoms. The minimum atomic E-state index is -0.0474. The number of hydrogen-bond donors (Lipinski definition) is 2. The number of piperidine rings is 1. The summed E-state index contributed by atoms with van der Waals surface area (Å²) in [6.45, 7) is 7.82. The summed E-state index contributed by atoms with van der Waals surface area (Å²) >= 11 is 3.56. The van der Waals surface area contributed by atoms with Crippen LogP contribution in [0.15, 0.2) is 74.7 Å². The zero-order chi connectivity index (χ0) is 26.1. The summed E-state index contributed by atoms with van der Waals surface area (Å²) in [5, 5.41) is 13.4. The molecule has 2 aromatic rings. The molecule has 190 valence electrons. The fraction of sp³-hybridized carbons (Fsp3) is 0.357. The van der Waals surface area contributed by atoms with E-state index in [0.717, 1.165) is 45.6 Å². The van der Waals surface area contributed by atoms with Crippen LogP contribution < -0.4 is 5.32 Å². The summed E-state index contributed by atoms with van der Waals surface area (Å²) in [4.78, 5) is 28.1. The Morgan fingerprint density at radius 2 is 2.03 bits per heavy atom. The molecule has 1 saturated heterocycles. The highest BCUT2D eigenvalue weighted by Crippen LogP contribution is 2.25. The number of aromatic nitrogens is 1. The van der Waals surface area contributed by atoms with E-state index >= 15 is 0 Å². The van der Waals surface area contributed by atoms with Gasteiger partial charge in [-0.25, -0.2) is 0 Å². The van der Waals surface area contributed by atoms with Crippen LogP contribution in [-0.4, -0.2) is 53.0 Å². The number of likely N-dealkylation sites (tertiary alicyclic amines) is 1. The van der Waals surface area contributed by atoms with Gasteiger partial charge in [0.1, 0.15) is 5.75 Å². The molecule has 1 aromatic heterocycles. The Balaban J connectivity index is 1.76. The number of nitrogens with one attached hydrogen (secondary N) is 1. The van der Waals surface area contributed by atoms with Gasteiger partial charge in [-0.1, -0.05) is 6.07 Å². The Morgan fingerprint density at radius 3 is 2.67 bits per heavy atom. The highest BCUT2D eigenvalue weighted by molar-refractivity contribution is 9.12. The van der Waals surface area contributed by atoms with E-state index in [1.165, 1.54) is 6.07 Å². The van der Waals surface area contributed by atoms with E-state index in [1.54, 1.807) is 25.5 Å². The highest BCUT2D eigenvalue weighted by Gasteiger charge is 2.26. The second-order valence-electron chi connectivity index (χ2n) is 9.02. The van der Waals surface area contributed by atoms with E-state index < -0.39 is 0 Å². The van der Waals surface area contributed by atoms with Crippen molar-refractivity contribution in [3.63, 3.8) is 0 Å². The molecule has 0 aliphatic carbocycles. The molecule has 8 heteroatoms. The number of aromatic hydroxyl groups is 1. The maximum atomic E-state index is 13.0. The fourth-order valence-electron chi connectivity index (χ4n) is 4.16. The summed E-state index contributed by atoms with van der Waals surface area (Å²) in [6.07, 6.45) is 9.08. The number of carbonyl (C=O) groups excluding carboxylic acids is 1. The first-order valence-corrected chi connectivity index (χ1v) is 12.8. The van der Waals surface area contributed by atoms with Gasteiger partial charge in [0.2, 0.25) is 0 Å². The molecular formula is C28H34BrN5O2. The third kappa shape index (κ3) is 7.88. The normalized spacial score (nSPS) is 16.3. The van der Waals surface area contributed by atoms with Crippen molar-refractivity contribution < 1.29 is 9.90 Å². The van der Waals surface area contributed by atoms with E-state index in [9.17, 15) is 9.90 Å². The van der Waals surface area contributed by atoms with Gasteiger partial charge in [0, 0.05) is 68.2 Å². The lowest BCUT2D eigenvalue weighted by Crippen LogP contribution is -2.40. The topological polar surface area (TPSA) is 90.2 Å². The number of pyridine rings is 1. The summed E-state index contributed by atoms with van der Waals surface area (Å²) in [5.74, 6) is 0.281. The van der Waals surface area contributed by atoms with Gasteiger partial charge in [-0.15, -0.1) is 0 Å². The number of amides is 1. The average Bonchev–Trinajstić information content (AvgIpc) is 2.87. The Labute approximate surface area is 221 Å². The first-order chi connectivity index (χ1) is 17.3. The van der Waals surface area contributed by atoms with Gasteiger partial charge in [0.05, 0.1) is 10.2 Å². The number of allylic oxidation sites excluding steroid dienone is 4. The first kappa shape index (κ1) is 27.3.